The third kappa shape index (κ3) is 17.0. The lowest BCUT2D eigenvalue weighted by Gasteiger charge is -2.31. The summed E-state index contributed by atoms with van der Waals surface area (Å²) in [4.78, 5) is 39.0. The average Bonchev–Trinajstić information content (AvgIpc) is 2.97. The van der Waals surface area contributed by atoms with Crippen molar-refractivity contribution in [1.82, 2.24) is 0 Å². The number of carboxylic acids is 2. The number of ketones is 1. The summed E-state index contributed by atoms with van der Waals surface area (Å²) in [7, 11) is 0. The van der Waals surface area contributed by atoms with Crippen molar-refractivity contribution >= 4 is 17.7 Å². The predicted molar refractivity (Wildman–Crippen MR) is 177 cm³/mol. The van der Waals surface area contributed by atoms with E-state index in [2.05, 4.69) is 27.7 Å². The van der Waals surface area contributed by atoms with Gasteiger partial charge in [0.15, 0.2) is 0 Å². The van der Waals surface area contributed by atoms with Gasteiger partial charge in [0, 0.05) is 6.42 Å². The van der Waals surface area contributed by atoms with E-state index in [0.717, 1.165) is 83.5 Å². The summed E-state index contributed by atoms with van der Waals surface area (Å²) in [6.07, 6.45) is 25.8. The lowest BCUT2D eigenvalue weighted by atomic mass is 9.72. The molecule has 0 saturated carbocycles. The van der Waals surface area contributed by atoms with Crippen molar-refractivity contribution < 1.29 is 24.6 Å². The van der Waals surface area contributed by atoms with Gasteiger partial charge in [0.2, 0.25) is 0 Å². The number of carbonyl (C=O) groups is 3. The third-order valence-corrected chi connectivity index (χ3v) is 9.64. The normalized spacial score (nSPS) is 14.4. The summed E-state index contributed by atoms with van der Waals surface area (Å²) < 4.78 is 0. The second-order valence-corrected chi connectivity index (χ2v) is 13.3. The van der Waals surface area contributed by atoms with Gasteiger partial charge in [-0.25, -0.2) is 0 Å². The molecular formula is C37H70O5. The van der Waals surface area contributed by atoms with Crippen molar-refractivity contribution in [2.24, 2.45) is 10.8 Å². The lowest BCUT2D eigenvalue weighted by Crippen LogP contribution is -2.39. The fourth-order valence-corrected chi connectivity index (χ4v) is 6.62. The van der Waals surface area contributed by atoms with Crippen LogP contribution in [0.4, 0.5) is 0 Å². The monoisotopic (exact) mass is 595 g/mol. The maximum absolute atomic E-state index is 13.6. The molecule has 0 fully saturated rings. The van der Waals surface area contributed by atoms with E-state index in [1.165, 1.54) is 44.9 Å². The van der Waals surface area contributed by atoms with Gasteiger partial charge in [0.05, 0.1) is 5.41 Å². The molecule has 0 heterocycles. The van der Waals surface area contributed by atoms with E-state index in [0.29, 0.717) is 44.9 Å². The largest absolute Gasteiger partial charge is 0.481 e. The van der Waals surface area contributed by atoms with Crippen LogP contribution >= 0.6 is 0 Å². The number of hydrogen-bond acceptors (Lipinski definition) is 3. The molecule has 2 unspecified atom stereocenters. The molecular weight excluding hydrogens is 524 g/mol. The van der Waals surface area contributed by atoms with E-state index in [1.54, 1.807) is 0 Å². The van der Waals surface area contributed by atoms with Crippen LogP contribution in [-0.4, -0.2) is 27.9 Å². The Hall–Kier alpha value is -1.39. The second-order valence-electron chi connectivity index (χ2n) is 13.3. The van der Waals surface area contributed by atoms with E-state index in [4.69, 9.17) is 0 Å². The predicted octanol–water partition coefficient (Wildman–Crippen LogP) is 11.7. The molecule has 2 atom stereocenters. The highest BCUT2D eigenvalue weighted by Gasteiger charge is 2.44. The van der Waals surface area contributed by atoms with E-state index in [-0.39, 0.29) is 12.2 Å². The topological polar surface area (TPSA) is 91.7 Å². The van der Waals surface area contributed by atoms with Gasteiger partial charge >= 0.3 is 11.9 Å². The van der Waals surface area contributed by atoms with Crippen molar-refractivity contribution in [2.75, 3.05) is 0 Å². The molecule has 0 saturated heterocycles. The minimum Gasteiger partial charge on any atom is -0.481 e. The summed E-state index contributed by atoms with van der Waals surface area (Å²) >= 11 is 0. The summed E-state index contributed by atoms with van der Waals surface area (Å²) in [5.74, 6) is -1.76. The molecule has 0 aromatic carbocycles. The number of unbranched alkanes of at least 4 members (excludes halogenated alkanes) is 17. The SMILES string of the molecule is CCCCCCCCC(CCCCCC)(CCCCC(=O)C(CCCCCC)(CCCCCCCC)C(=O)O)C(=O)O. The zero-order valence-electron chi connectivity index (χ0n) is 28.4. The number of carbonyl (C=O) groups excluding carboxylic acids is 1. The van der Waals surface area contributed by atoms with E-state index < -0.39 is 22.8 Å². The average molecular weight is 595 g/mol. The maximum atomic E-state index is 13.6. The van der Waals surface area contributed by atoms with Crippen molar-refractivity contribution in [2.45, 2.75) is 207 Å². The summed E-state index contributed by atoms with van der Waals surface area (Å²) in [6, 6.07) is 0. The molecule has 5 nitrogen and oxygen atoms in total. The van der Waals surface area contributed by atoms with Crippen LogP contribution in [0.1, 0.15) is 207 Å². The van der Waals surface area contributed by atoms with Crippen molar-refractivity contribution in [1.29, 1.82) is 0 Å². The lowest BCUT2D eigenvalue weighted by molar-refractivity contribution is -0.156. The molecule has 0 radical (unpaired) electrons. The smallest absolute Gasteiger partial charge is 0.317 e. The number of carboxylic acid groups (broad SMARTS) is 2. The van der Waals surface area contributed by atoms with Crippen molar-refractivity contribution in [3.8, 4) is 0 Å². The van der Waals surface area contributed by atoms with Crippen LogP contribution < -0.4 is 0 Å². The molecule has 248 valence electrons. The van der Waals surface area contributed by atoms with E-state index in [9.17, 15) is 24.6 Å². The molecule has 5 heteroatoms. The minimum atomic E-state index is -1.28. The van der Waals surface area contributed by atoms with Gasteiger partial charge in [-0.2, -0.15) is 0 Å². The molecule has 0 aromatic heterocycles. The van der Waals surface area contributed by atoms with Crippen molar-refractivity contribution in [3.63, 3.8) is 0 Å². The molecule has 42 heavy (non-hydrogen) atoms. The summed E-state index contributed by atoms with van der Waals surface area (Å²) in [5, 5.41) is 20.8. The van der Waals surface area contributed by atoms with Crippen LogP contribution in [0.15, 0.2) is 0 Å². The Morgan fingerprint density at radius 3 is 1.07 bits per heavy atom. The van der Waals surface area contributed by atoms with Crippen LogP contribution in [0.5, 0.6) is 0 Å². The quantitative estimate of drug-likeness (QED) is 0.0597. The Morgan fingerprint density at radius 1 is 0.405 bits per heavy atom. The van der Waals surface area contributed by atoms with Crippen molar-refractivity contribution in [3.05, 3.63) is 0 Å². The Labute approximate surface area is 260 Å². The molecule has 0 amide bonds. The molecule has 0 aliphatic rings. The van der Waals surface area contributed by atoms with Gasteiger partial charge in [-0.3, -0.25) is 14.4 Å². The highest BCUT2D eigenvalue weighted by atomic mass is 16.4. The zero-order chi connectivity index (χ0) is 31.5. The first kappa shape index (κ1) is 40.6. The van der Waals surface area contributed by atoms with E-state index in [1.807, 2.05) is 0 Å². The maximum Gasteiger partial charge on any atom is 0.317 e. The molecule has 0 aromatic rings. The molecule has 0 aliphatic carbocycles. The molecule has 0 spiro atoms. The fraction of sp³-hybridized carbons (Fsp3) is 0.919. The van der Waals surface area contributed by atoms with Gasteiger partial charge in [0.1, 0.15) is 11.2 Å². The summed E-state index contributed by atoms with van der Waals surface area (Å²) in [5.41, 5.74) is -1.99. The van der Waals surface area contributed by atoms with Gasteiger partial charge in [-0.1, -0.05) is 163 Å². The van der Waals surface area contributed by atoms with Crippen LogP contribution in [0.25, 0.3) is 0 Å². The van der Waals surface area contributed by atoms with Gasteiger partial charge in [0.25, 0.3) is 0 Å². The van der Waals surface area contributed by atoms with Gasteiger partial charge in [-0.15, -0.1) is 0 Å². The third-order valence-electron chi connectivity index (χ3n) is 9.64. The minimum absolute atomic E-state index is 0.125. The molecule has 0 aliphatic heterocycles. The van der Waals surface area contributed by atoms with Crippen LogP contribution in [0.2, 0.25) is 0 Å². The number of aliphatic carboxylic acids is 2. The Morgan fingerprint density at radius 2 is 0.714 bits per heavy atom. The second kappa shape index (κ2) is 26.1. The highest BCUT2D eigenvalue weighted by molar-refractivity contribution is 6.03. The van der Waals surface area contributed by atoms with Crippen LogP contribution in [0, 0.1) is 10.8 Å². The first-order chi connectivity index (χ1) is 20.3. The first-order valence-corrected chi connectivity index (χ1v) is 18.3. The Bertz CT molecular complexity index is 690. The highest BCUT2D eigenvalue weighted by Crippen LogP contribution is 2.39. The number of rotatable bonds is 32. The number of hydrogen-bond donors (Lipinski definition) is 2. The van der Waals surface area contributed by atoms with Crippen LogP contribution in [-0.2, 0) is 14.4 Å². The summed E-state index contributed by atoms with van der Waals surface area (Å²) in [6.45, 7) is 8.70. The molecule has 0 rings (SSSR count). The Balaban J connectivity index is 5.33. The zero-order valence-corrected chi connectivity index (χ0v) is 28.4. The van der Waals surface area contributed by atoms with Crippen LogP contribution in [0.3, 0.4) is 0 Å². The van der Waals surface area contributed by atoms with Gasteiger partial charge < -0.3 is 10.2 Å². The Kier molecular flexibility index (Phi) is 25.2. The fourth-order valence-electron chi connectivity index (χ4n) is 6.62. The van der Waals surface area contributed by atoms with Gasteiger partial charge in [-0.05, 0) is 38.5 Å². The molecule has 0 bridgehead atoms. The van der Waals surface area contributed by atoms with E-state index >= 15 is 0 Å². The number of Topliss-reactive ketones (excluding diaryl/α,β-unsaturated/α-hetero) is 1. The first-order valence-electron chi connectivity index (χ1n) is 18.3. The standard InChI is InChI=1S/C37H70O5/c1-5-9-13-17-19-23-29-36(34(39)40,28-22-15-11-7-3)30-26-21-27-33(38)37(35(41)42,31-24-16-12-8-4)32-25-20-18-14-10-6-2/h5-32H2,1-4H3,(H,39,40)(H,41,42). The molecule has 2 N–H and O–H groups in total.